The van der Waals surface area contributed by atoms with Gasteiger partial charge in [-0.25, -0.2) is 0 Å². The molecule has 0 aromatic heterocycles. The van der Waals surface area contributed by atoms with Crippen LogP contribution in [-0.2, 0) is 30.7 Å². The SMILES string of the molecule is CCCCCCCCCc1ccc(OCCOOOC=COCC(C)OCC=N)cc1. The predicted molar refractivity (Wildman–Crippen MR) is 121 cm³/mol. The molecule has 1 aromatic rings. The summed E-state index contributed by atoms with van der Waals surface area (Å²) in [7, 11) is 0. The lowest BCUT2D eigenvalue weighted by molar-refractivity contribution is -0.490. The van der Waals surface area contributed by atoms with Crippen LogP contribution >= 0.6 is 0 Å². The molecule has 0 bridgehead atoms. The van der Waals surface area contributed by atoms with Gasteiger partial charge in [0, 0.05) is 6.21 Å². The van der Waals surface area contributed by atoms with Gasteiger partial charge in [0.25, 0.3) is 0 Å². The second kappa shape index (κ2) is 19.8. The molecule has 0 heterocycles. The second-order valence-electron chi connectivity index (χ2n) is 7.30. The summed E-state index contributed by atoms with van der Waals surface area (Å²) in [6, 6.07) is 8.21. The molecule has 0 aliphatic heterocycles. The smallest absolute Gasteiger partial charge is 0.167 e. The zero-order chi connectivity index (χ0) is 22.4. The number of rotatable bonds is 21. The average molecular weight is 438 g/mol. The highest BCUT2D eigenvalue weighted by Crippen LogP contribution is 2.15. The summed E-state index contributed by atoms with van der Waals surface area (Å²) in [6.45, 7) is 5.29. The Morgan fingerprint density at radius 2 is 1.68 bits per heavy atom. The predicted octanol–water partition coefficient (Wildman–Crippen LogP) is 5.78. The number of hydrogen-bond acceptors (Lipinski definition) is 7. The maximum Gasteiger partial charge on any atom is 0.167 e. The second-order valence-corrected chi connectivity index (χ2v) is 7.30. The fourth-order valence-corrected chi connectivity index (χ4v) is 2.83. The van der Waals surface area contributed by atoms with E-state index in [0.717, 1.165) is 12.2 Å². The van der Waals surface area contributed by atoms with Crippen LogP contribution in [-0.4, -0.2) is 38.7 Å². The maximum atomic E-state index is 6.87. The van der Waals surface area contributed by atoms with Gasteiger partial charge in [0.1, 0.15) is 31.8 Å². The number of benzene rings is 1. The normalized spacial score (nSPS) is 12.1. The molecule has 0 saturated heterocycles. The quantitative estimate of drug-likeness (QED) is 0.0863. The maximum absolute atomic E-state index is 6.87. The zero-order valence-corrected chi connectivity index (χ0v) is 19.1. The van der Waals surface area contributed by atoms with Gasteiger partial charge in [-0.05, 0) is 42.5 Å². The van der Waals surface area contributed by atoms with Crippen LogP contribution in [0.1, 0.15) is 64.4 Å². The van der Waals surface area contributed by atoms with Gasteiger partial charge in [-0.3, -0.25) is 0 Å². The Balaban J connectivity index is 1.97. The van der Waals surface area contributed by atoms with Crippen LogP contribution in [0.2, 0.25) is 0 Å². The molecule has 0 aliphatic carbocycles. The minimum absolute atomic E-state index is 0.116. The molecule has 7 heteroatoms. The highest BCUT2D eigenvalue weighted by Gasteiger charge is 2.00. The summed E-state index contributed by atoms with van der Waals surface area (Å²) in [4.78, 5) is 9.54. The Hall–Kier alpha value is -2.09. The van der Waals surface area contributed by atoms with Crippen molar-refractivity contribution in [2.24, 2.45) is 0 Å². The summed E-state index contributed by atoms with van der Waals surface area (Å²) in [5, 5.41) is 11.4. The van der Waals surface area contributed by atoms with Crippen LogP contribution in [0, 0.1) is 5.41 Å². The van der Waals surface area contributed by atoms with Crippen molar-refractivity contribution in [3.8, 4) is 5.75 Å². The summed E-state index contributed by atoms with van der Waals surface area (Å²) in [6.07, 6.45) is 14.0. The first-order chi connectivity index (χ1) is 15.3. The van der Waals surface area contributed by atoms with Crippen molar-refractivity contribution in [3.63, 3.8) is 0 Å². The minimum Gasteiger partial charge on any atom is -0.495 e. The van der Waals surface area contributed by atoms with Gasteiger partial charge in [-0.15, -0.1) is 0 Å². The number of hydrogen-bond donors (Lipinski definition) is 1. The van der Waals surface area contributed by atoms with Crippen LogP contribution in [0.3, 0.4) is 0 Å². The Morgan fingerprint density at radius 3 is 2.42 bits per heavy atom. The number of nitrogens with one attached hydrogen (secondary N) is 1. The molecule has 0 spiro atoms. The van der Waals surface area contributed by atoms with E-state index < -0.39 is 0 Å². The molecular weight excluding hydrogens is 398 g/mol. The van der Waals surface area contributed by atoms with Gasteiger partial charge in [0.15, 0.2) is 6.26 Å². The van der Waals surface area contributed by atoms with Crippen molar-refractivity contribution in [1.29, 1.82) is 5.41 Å². The van der Waals surface area contributed by atoms with Crippen LogP contribution in [0.15, 0.2) is 36.8 Å². The first-order valence-corrected chi connectivity index (χ1v) is 11.3. The summed E-state index contributed by atoms with van der Waals surface area (Å²) >= 11 is 0. The first kappa shape index (κ1) is 26.9. The van der Waals surface area contributed by atoms with Crippen molar-refractivity contribution in [2.45, 2.75) is 71.3 Å². The third kappa shape index (κ3) is 16.3. The molecule has 0 saturated carbocycles. The van der Waals surface area contributed by atoms with Crippen molar-refractivity contribution >= 4 is 6.21 Å². The number of aryl methyl sites for hydroxylation is 1. The number of ether oxygens (including phenoxy) is 3. The van der Waals surface area contributed by atoms with Crippen molar-refractivity contribution in [3.05, 3.63) is 42.4 Å². The van der Waals surface area contributed by atoms with Gasteiger partial charge in [-0.2, -0.15) is 4.89 Å². The van der Waals surface area contributed by atoms with Gasteiger partial charge in [0.05, 0.1) is 12.7 Å². The Bertz CT molecular complexity index is 564. The minimum atomic E-state index is -0.116. The molecule has 0 fully saturated rings. The highest BCUT2D eigenvalue weighted by atomic mass is 17.5. The van der Waals surface area contributed by atoms with E-state index in [2.05, 4.69) is 29.0 Å². The average Bonchev–Trinajstić information content (AvgIpc) is 2.79. The standard InChI is InChI=1S/C24H39NO6/c1-3-4-5-6-7-8-9-10-23-11-13-24(14-12-23)28-18-20-30-31-29-19-17-26-21-22(2)27-16-15-25/h11-15,17,19,22,25H,3-10,16,18,20-21H2,1-2H3. The van der Waals surface area contributed by atoms with Gasteiger partial charge >= 0.3 is 0 Å². The topological polar surface area (TPSA) is 79.2 Å². The molecule has 1 N–H and O–H groups in total. The molecule has 0 aliphatic rings. The van der Waals surface area contributed by atoms with Gasteiger partial charge < -0.3 is 24.5 Å². The van der Waals surface area contributed by atoms with Crippen molar-refractivity contribution in [2.75, 3.05) is 26.4 Å². The highest BCUT2D eigenvalue weighted by molar-refractivity contribution is 5.54. The summed E-state index contributed by atoms with van der Waals surface area (Å²) in [5.41, 5.74) is 1.35. The van der Waals surface area contributed by atoms with Crippen LogP contribution < -0.4 is 4.74 Å². The van der Waals surface area contributed by atoms with Gasteiger partial charge in [0.2, 0.25) is 0 Å². The van der Waals surface area contributed by atoms with Gasteiger partial charge in [-0.1, -0.05) is 57.6 Å². The van der Waals surface area contributed by atoms with Crippen molar-refractivity contribution < 1.29 is 29.0 Å². The Morgan fingerprint density at radius 1 is 0.935 bits per heavy atom. The number of unbranched alkanes of at least 4 members (excludes halogenated alkanes) is 6. The lowest BCUT2D eigenvalue weighted by Crippen LogP contribution is -2.15. The molecule has 1 rings (SSSR count). The summed E-state index contributed by atoms with van der Waals surface area (Å²) < 4.78 is 16.0. The largest absolute Gasteiger partial charge is 0.495 e. The molecule has 176 valence electrons. The Kier molecular flexibility index (Phi) is 17.3. The fraction of sp³-hybridized carbons (Fsp3) is 0.625. The summed E-state index contributed by atoms with van der Waals surface area (Å²) in [5.74, 6) is 0.806. The van der Waals surface area contributed by atoms with E-state index in [4.69, 9.17) is 24.5 Å². The van der Waals surface area contributed by atoms with Crippen LogP contribution in [0.5, 0.6) is 5.75 Å². The molecule has 0 radical (unpaired) electrons. The van der Waals surface area contributed by atoms with Crippen molar-refractivity contribution in [1.82, 2.24) is 0 Å². The van der Waals surface area contributed by atoms with E-state index in [0.29, 0.717) is 13.2 Å². The molecule has 1 unspecified atom stereocenters. The lowest BCUT2D eigenvalue weighted by atomic mass is 10.0. The van der Waals surface area contributed by atoms with E-state index in [1.54, 1.807) is 0 Å². The Labute approximate surface area is 187 Å². The third-order valence-corrected chi connectivity index (χ3v) is 4.52. The zero-order valence-electron chi connectivity index (χ0n) is 19.1. The lowest BCUT2D eigenvalue weighted by Gasteiger charge is -2.09. The molecule has 0 amide bonds. The van der Waals surface area contributed by atoms with Crippen LogP contribution in [0.4, 0.5) is 0 Å². The molecule has 1 atom stereocenters. The molecular formula is C24H39NO6. The van der Waals surface area contributed by atoms with E-state index in [1.165, 1.54) is 69.2 Å². The first-order valence-electron chi connectivity index (χ1n) is 11.3. The monoisotopic (exact) mass is 437 g/mol. The third-order valence-electron chi connectivity index (χ3n) is 4.52. The van der Waals surface area contributed by atoms with E-state index in [-0.39, 0.29) is 19.3 Å². The van der Waals surface area contributed by atoms with E-state index >= 15 is 0 Å². The molecule has 7 nitrogen and oxygen atoms in total. The molecule has 31 heavy (non-hydrogen) atoms. The fourth-order valence-electron chi connectivity index (χ4n) is 2.83. The van der Waals surface area contributed by atoms with E-state index in [9.17, 15) is 0 Å². The molecule has 1 aromatic carbocycles. The van der Waals surface area contributed by atoms with E-state index in [1.807, 2.05) is 19.1 Å². The van der Waals surface area contributed by atoms with Crippen LogP contribution in [0.25, 0.3) is 0 Å².